The first-order valence-corrected chi connectivity index (χ1v) is 15.3. The quantitative estimate of drug-likeness (QED) is 0.355. The largest absolute Gasteiger partial charge is 0.475 e. The molecule has 4 aliphatic rings. The van der Waals surface area contributed by atoms with Gasteiger partial charge < -0.3 is 19.4 Å². The Hall–Kier alpha value is -4.03. The van der Waals surface area contributed by atoms with Crippen molar-refractivity contribution in [3.63, 3.8) is 0 Å². The van der Waals surface area contributed by atoms with E-state index < -0.39 is 11.7 Å². The van der Waals surface area contributed by atoms with Crippen LogP contribution in [-0.4, -0.2) is 72.1 Å². The number of ether oxygens (including phenoxy) is 1. The highest BCUT2D eigenvalue weighted by molar-refractivity contribution is 5.99. The molecule has 0 spiro atoms. The fraction of sp³-hybridized carbons (Fsp3) is 0.441. The highest BCUT2D eigenvalue weighted by atomic mass is 19.1. The van der Waals surface area contributed by atoms with Gasteiger partial charge in [-0.3, -0.25) is 4.79 Å². The standard InChI is InChI=1S/C34H35F2N5O2/c1-20(35)34(42)40-14-12-30-31(40)18-41(30)32-26-15-28(36)25(24-11-5-8-21-7-3-4-10-23(21)24)16-29(26)38-33(27(32)17-37)43-19-22-9-6-13-39(22)2/h5,8,11,15-16,22,30-31H,1,3-4,6-7,9-10,12-14,18-19H2,2H3/t22-,30+,31+/m0/s1. The summed E-state index contributed by atoms with van der Waals surface area (Å²) in [5.41, 5.74) is 5.23. The predicted molar refractivity (Wildman–Crippen MR) is 161 cm³/mol. The molecule has 7 nitrogen and oxygen atoms in total. The van der Waals surface area contributed by atoms with Gasteiger partial charge in [0.15, 0.2) is 5.83 Å². The van der Waals surface area contributed by atoms with Crippen molar-refractivity contribution in [1.29, 1.82) is 5.26 Å². The summed E-state index contributed by atoms with van der Waals surface area (Å²) in [6, 6.07) is 11.6. The number of carbonyl (C=O) groups is 1. The molecular formula is C34H35F2N5O2. The molecule has 2 aromatic carbocycles. The predicted octanol–water partition coefficient (Wildman–Crippen LogP) is 5.54. The topological polar surface area (TPSA) is 72.7 Å². The lowest BCUT2D eigenvalue weighted by Crippen LogP contribution is -2.63. The van der Waals surface area contributed by atoms with Crippen LogP contribution in [0.5, 0.6) is 5.88 Å². The van der Waals surface area contributed by atoms with E-state index in [1.54, 1.807) is 6.07 Å². The molecule has 43 heavy (non-hydrogen) atoms. The fourth-order valence-electron chi connectivity index (χ4n) is 7.64. The molecule has 0 bridgehead atoms. The van der Waals surface area contributed by atoms with Gasteiger partial charge in [0.05, 0.1) is 23.3 Å². The smallest absolute Gasteiger partial charge is 0.282 e. The number of fused-ring (bicyclic) bond motifs is 3. The summed E-state index contributed by atoms with van der Waals surface area (Å²) in [5, 5.41) is 11.0. The number of benzene rings is 2. The molecule has 3 aliphatic heterocycles. The number of likely N-dealkylation sites (N-methyl/N-ethyl adjacent to an activating group) is 1. The number of halogens is 2. The Morgan fingerprint density at radius 1 is 1.14 bits per heavy atom. The first-order chi connectivity index (χ1) is 20.9. The van der Waals surface area contributed by atoms with E-state index in [0.717, 1.165) is 50.6 Å². The lowest BCUT2D eigenvalue weighted by Gasteiger charge is -2.48. The van der Waals surface area contributed by atoms with E-state index in [1.165, 1.54) is 22.1 Å². The van der Waals surface area contributed by atoms with E-state index in [0.29, 0.717) is 48.3 Å². The number of amides is 1. The molecular weight excluding hydrogens is 548 g/mol. The Bertz CT molecular complexity index is 1680. The van der Waals surface area contributed by atoms with Gasteiger partial charge in [-0.2, -0.15) is 5.26 Å². The average Bonchev–Trinajstić information content (AvgIpc) is 3.56. The van der Waals surface area contributed by atoms with Gasteiger partial charge in [-0.1, -0.05) is 24.8 Å². The van der Waals surface area contributed by atoms with E-state index in [-0.39, 0.29) is 35.4 Å². The molecule has 0 unspecified atom stereocenters. The zero-order chi connectivity index (χ0) is 29.8. The van der Waals surface area contributed by atoms with Gasteiger partial charge in [-0.25, -0.2) is 13.8 Å². The van der Waals surface area contributed by atoms with Crippen LogP contribution in [0, 0.1) is 17.1 Å². The minimum absolute atomic E-state index is 0.126. The van der Waals surface area contributed by atoms with Crippen molar-refractivity contribution in [1.82, 2.24) is 14.8 Å². The minimum Gasteiger partial charge on any atom is -0.475 e. The molecule has 4 heterocycles. The third kappa shape index (κ3) is 4.63. The normalized spacial score (nSPS) is 23.1. The summed E-state index contributed by atoms with van der Waals surface area (Å²) in [6.07, 6.45) is 6.82. The molecule has 1 amide bonds. The number of nitrogens with zero attached hydrogens (tertiary/aromatic N) is 5. The molecule has 1 aliphatic carbocycles. The number of likely N-dealkylation sites (tertiary alicyclic amines) is 2. The van der Waals surface area contributed by atoms with Gasteiger partial charge in [0.1, 0.15) is 24.1 Å². The summed E-state index contributed by atoms with van der Waals surface area (Å²) >= 11 is 0. The monoisotopic (exact) mass is 583 g/mol. The van der Waals surface area contributed by atoms with Crippen LogP contribution in [0.4, 0.5) is 14.5 Å². The number of hydrogen-bond donors (Lipinski definition) is 0. The second-order valence-corrected chi connectivity index (χ2v) is 12.3. The second kappa shape index (κ2) is 10.9. The van der Waals surface area contributed by atoms with Crippen LogP contribution in [-0.2, 0) is 17.6 Å². The van der Waals surface area contributed by atoms with Crippen molar-refractivity contribution >= 4 is 22.5 Å². The zero-order valence-electron chi connectivity index (χ0n) is 24.4. The SMILES string of the molecule is C=C(F)C(=O)N1CC[C@@H]2[C@H]1CN2c1c(C#N)c(OC[C@@H]2CCCN2C)nc2cc(-c3cccc4c3CCCC4)c(F)cc12. The van der Waals surface area contributed by atoms with Gasteiger partial charge in [-0.15, -0.1) is 0 Å². The number of aryl methyl sites for hydroxylation is 1. The lowest BCUT2D eigenvalue weighted by molar-refractivity contribution is -0.130. The van der Waals surface area contributed by atoms with Crippen LogP contribution < -0.4 is 9.64 Å². The molecule has 0 saturated carbocycles. The molecule has 0 N–H and O–H groups in total. The van der Waals surface area contributed by atoms with E-state index in [4.69, 9.17) is 9.72 Å². The molecule has 3 aromatic rings. The maximum Gasteiger partial charge on any atom is 0.282 e. The minimum atomic E-state index is -0.976. The molecule has 3 atom stereocenters. The summed E-state index contributed by atoms with van der Waals surface area (Å²) < 4.78 is 36.2. The Kier molecular flexibility index (Phi) is 7.05. The second-order valence-electron chi connectivity index (χ2n) is 12.3. The van der Waals surface area contributed by atoms with E-state index in [2.05, 4.69) is 30.7 Å². The number of carbonyl (C=O) groups excluding carboxylic acids is 1. The molecule has 0 radical (unpaired) electrons. The highest BCUT2D eigenvalue weighted by Crippen LogP contribution is 2.45. The zero-order valence-corrected chi connectivity index (χ0v) is 24.4. The Balaban J connectivity index is 1.34. The van der Waals surface area contributed by atoms with E-state index >= 15 is 4.39 Å². The first kappa shape index (κ1) is 27.8. The van der Waals surface area contributed by atoms with Gasteiger partial charge in [0.25, 0.3) is 5.91 Å². The maximum atomic E-state index is 16.1. The molecule has 9 heteroatoms. The molecule has 222 valence electrons. The van der Waals surface area contributed by atoms with Gasteiger partial charge >= 0.3 is 0 Å². The van der Waals surface area contributed by atoms with Crippen molar-refractivity contribution in [2.45, 2.75) is 63.1 Å². The van der Waals surface area contributed by atoms with Crippen LogP contribution in [0.1, 0.15) is 48.8 Å². The Morgan fingerprint density at radius 3 is 2.74 bits per heavy atom. The highest BCUT2D eigenvalue weighted by Gasteiger charge is 2.50. The van der Waals surface area contributed by atoms with Crippen LogP contribution in [0.2, 0.25) is 0 Å². The van der Waals surface area contributed by atoms with Gasteiger partial charge in [0, 0.05) is 30.1 Å². The molecule has 1 aromatic heterocycles. The van der Waals surface area contributed by atoms with Crippen LogP contribution >= 0.6 is 0 Å². The lowest BCUT2D eigenvalue weighted by atomic mass is 9.85. The molecule has 3 saturated heterocycles. The number of aromatic nitrogens is 1. The third-order valence-corrected chi connectivity index (χ3v) is 9.97. The summed E-state index contributed by atoms with van der Waals surface area (Å²) in [7, 11) is 2.07. The summed E-state index contributed by atoms with van der Waals surface area (Å²) in [6.45, 7) is 5.38. The van der Waals surface area contributed by atoms with Gasteiger partial charge in [0.2, 0.25) is 5.88 Å². The van der Waals surface area contributed by atoms with Crippen molar-refractivity contribution in [2.24, 2.45) is 0 Å². The van der Waals surface area contributed by atoms with Crippen LogP contribution in [0.15, 0.2) is 42.7 Å². The number of pyridine rings is 1. The number of anilines is 1. The molecule has 3 fully saturated rings. The third-order valence-electron chi connectivity index (χ3n) is 9.97. The van der Waals surface area contributed by atoms with Crippen molar-refractivity contribution in [2.75, 3.05) is 38.2 Å². The van der Waals surface area contributed by atoms with Crippen molar-refractivity contribution < 1.29 is 18.3 Å². The summed E-state index contributed by atoms with van der Waals surface area (Å²) in [5.74, 6) is -1.80. The van der Waals surface area contributed by atoms with Crippen LogP contribution in [0.25, 0.3) is 22.0 Å². The number of rotatable bonds is 6. The van der Waals surface area contributed by atoms with Crippen molar-refractivity contribution in [3.8, 4) is 23.1 Å². The average molecular weight is 584 g/mol. The number of nitriles is 1. The summed E-state index contributed by atoms with van der Waals surface area (Å²) in [4.78, 5) is 23.1. The van der Waals surface area contributed by atoms with E-state index in [1.807, 2.05) is 17.0 Å². The first-order valence-electron chi connectivity index (χ1n) is 15.3. The van der Waals surface area contributed by atoms with Crippen LogP contribution in [0.3, 0.4) is 0 Å². The fourth-order valence-corrected chi connectivity index (χ4v) is 7.64. The Morgan fingerprint density at radius 2 is 1.98 bits per heavy atom. The van der Waals surface area contributed by atoms with Crippen molar-refractivity contribution in [3.05, 3.63) is 65.2 Å². The Labute approximate surface area is 250 Å². The molecule has 7 rings (SSSR count). The maximum absolute atomic E-state index is 16.1. The van der Waals surface area contributed by atoms with E-state index in [9.17, 15) is 14.4 Å². The number of hydrogen-bond acceptors (Lipinski definition) is 6. The van der Waals surface area contributed by atoms with Gasteiger partial charge in [-0.05, 0) is 87.4 Å².